The van der Waals surface area contributed by atoms with Gasteiger partial charge in [0.1, 0.15) is 4.88 Å². The van der Waals surface area contributed by atoms with E-state index in [1.54, 1.807) is 0 Å². The second-order valence-corrected chi connectivity index (χ2v) is 5.28. The van der Waals surface area contributed by atoms with Crippen LogP contribution in [-0.4, -0.2) is 49.4 Å². The van der Waals surface area contributed by atoms with Gasteiger partial charge in [-0.2, -0.15) is 0 Å². The smallest absolute Gasteiger partial charge is 0.187 e. The van der Waals surface area contributed by atoms with Crippen molar-refractivity contribution in [3.8, 4) is 0 Å². The number of hydrogen-bond donors (Lipinski definition) is 0. The Bertz CT molecular complexity index is 382. The second kappa shape index (κ2) is 5.12. The lowest BCUT2D eigenvalue weighted by molar-refractivity contribution is 0.112. The van der Waals surface area contributed by atoms with Gasteiger partial charge in [0.15, 0.2) is 16.6 Å². The molecule has 1 saturated heterocycles. The Balaban J connectivity index is 2.13. The van der Waals surface area contributed by atoms with Gasteiger partial charge in [0.25, 0.3) is 0 Å². The lowest BCUT2D eigenvalue weighted by atomic mass is 10.4. The molecule has 2 heterocycles. The Morgan fingerprint density at radius 3 is 2.88 bits per heavy atom. The van der Waals surface area contributed by atoms with Crippen LogP contribution < -0.4 is 4.90 Å². The fourth-order valence-electron chi connectivity index (χ4n) is 1.75. The summed E-state index contributed by atoms with van der Waals surface area (Å²) < 4.78 is 0. The van der Waals surface area contributed by atoms with Crippen molar-refractivity contribution in [3.63, 3.8) is 0 Å². The fourth-order valence-corrected chi connectivity index (χ4v) is 2.86. The van der Waals surface area contributed by atoms with Crippen molar-refractivity contribution in [2.75, 3.05) is 38.1 Å². The molecule has 2 rings (SSSR count). The molecule has 0 aliphatic carbocycles. The number of rotatable bonds is 2. The minimum Gasteiger partial charge on any atom is -0.347 e. The molecule has 1 fully saturated rings. The molecular formula is C10H14ClN3OS. The maximum absolute atomic E-state index is 10.7. The van der Waals surface area contributed by atoms with Gasteiger partial charge < -0.3 is 9.80 Å². The van der Waals surface area contributed by atoms with E-state index < -0.39 is 0 Å². The van der Waals surface area contributed by atoms with Crippen molar-refractivity contribution < 1.29 is 4.79 Å². The van der Waals surface area contributed by atoms with Crippen LogP contribution in [0.2, 0.25) is 5.15 Å². The van der Waals surface area contributed by atoms with Gasteiger partial charge in [0, 0.05) is 19.6 Å². The highest BCUT2D eigenvalue weighted by Crippen LogP contribution is 2.28. The van der Waals surface area contributed by atoms with Gasteiger partial charge >= 0.3 is 0 Å². The molecule has 0 atom stereocenters. The number of aldehydes is 1. The summed E-state index contributed by atoms with van der Waals surface area (Å²) in [5, 5.41) is 1.19. The Labute approximate surface area is 104 Å². The molecule has 0 unspecified atom stereocenters. The van der Waals surface area contributed by atoms with Crippen molar-refractivity contribution in [2.45, 2.75) is 6.42 Å². The van der Waals surface area contributed by atoms with Gasteiger partial charge in [-0.25, -0.2) is 4.98 Å². The minimum atomic E-state index is 0.326. The van der Waals surface area contributed by atoms with Crippen LogP contribution in [0.5, 0.6) is 0 Å². The maximum atomic E-state index is 10.7. The van der Waals surface area contributed by atoms with E-state index in [0.717, 1.165) is 44.0 Å². The lowest BCUT2D eigenvalue weighted by Crippen LogP contribution is -2.28. The van der Waals surface area contributed by atoms with Crippen LogP contribution in [0.15, 0.2) is 0 Å². The third kappa shape index (κ3) is 2.53. The van der Waals surface area contributed by atoms with E-state index in [4.69, 9.17) is 11.6 Å². The lowest BCUT2D eigenvalue weighted by Gasteiger charge is -2.18. The monoisotopic (exact) mass is 259 g/mol. The van der Waals surface area contributed by atoms with E-state index in [-0.39, 0.29) is 0 Å². The maximum Gasteiger partial charge on any atom is 0.187 e. The largest absolute Gasteiger partial charge is 0.347 e. The summed E-state index contributed by atoms with van der Waals surface area (Å²) in [4.78, 5) is 20.0. The highest BCUT2D eigenvalue weighted by Gasteiger charge is 2.17. The first-order valence-corrected chi connectivity index (χ1v) is 6.45. The zero-order valence-electron chi connectivity index (χ0n) is 9.15. The zero-order chi connectivity index (χ0) is 11.5. The first kappa shape index (κ1) is 11.8. The predicted octanol–water partition coefficient (Wildman–Crippen LogP) is 1.75. The molecule has 0 amide bonds. The fraction of sp³-hybridized carbons (Fsp3) is 0.600. The number of hydrogen-bond acceptors (Lipinski definition) is 5. The summed E-state index contributed by atoms with van der Waals surface area (Å²) in [7, 11) is 2.12. The third-order valence-electron chi connectivity index (χ3n) is 2.70. The number of likely N-dealkylation sites (N-methyl/N-ethyl adjacent to an activating group) is 1. The topological polar surface area (TPSA) is 36.4 Å². The molecule has 0 spiro atoms. The minimum absolute atomic E-state index is 0.326. The van der Waals surface area contributed by atoms with Crippen molar-refractivity contribution >= 4 is 34.4 Å². The molecule has 16 heavy (non-hydrogen) atoms. The highest BCUT2D eigenvalue weighted by molar-refractivity contribution is 7.17. The quantitative estimate of drug-likeness (QED) is 0.759. The van der Waals surface area contributed by atoms with Gasteiger partial charge in [-0.05, 0) is 20.0 Å². The van der Waals surface area contributed by atoms with Crippen molar-refractivity contribution in [1.82, 2.24) is 9.88 Å². The van der Waals surface area contributed by atoms with Crippen LogP contribution in [0.4, 0.5) is 5.13 Å². The van der Waals surface area contributed by atoms with E-state index in [9.17, 15) is 4.79 Å². The van der Waals surface area contributed by atoms with E-state index in [2.05, 4.69) is 21.8 Å². The molecule has 0 N–H and O–H groups in total. The number of nitrogens with zero attached hydrogens (tertiary/aromatic N) is 3. The summed E-state index contributed by atoms with van der Waals surface area (Å²) in [6.07, 6.45) is 1.89. The van der Waals surface area contributed by atoms with Gasteiger partial charge in [0.2, 0.25) is 0 Å². The molecule has 0 aromatic carbocycles. The summed E-state index contributed by atoms with van der Waals surface area (Å²) >= 11 is 7.24. The SMILES string of the molecule is CN1CCCN(c2nc(Cl)c(C=O)s2)CC1. The Morgan fingerprint density at radius 1 is 1.38 bits per heavy atom. The van der Waals surface area contributed by atoms with Crippen molar-refractivity contribution in [3.05, 3.63) is 10.0 Å². The molecule has 88 valence electrons. The van der Waals surface area contributed by atoms with Crippen LogP contribution >= 0.6 is 22.9 Å². The molecule has 1 aromatic heterocycles. The molecule has 0 radical (unpaired) electrons. The van der Waals surface area contributed by atoms with Crippen molar-refractivity contribution in [2.24, 2.45) is 0 Å². The van der Waals surface area contributed by atoms with Gasteiger partial charge in [0.05, 0.1) is 0 Å². The molecule has 1 aliphatic heterocycles. The Morgan fingerprint density at radius 2 is 2.19 bits per heavy atom. The Kier molecular flexibility index (Phi) is 3.78. The predicted molar refractivity (Wildman–Crippen MR) is 66.8 cm³/mol. The van der Waals surface area contributed by atoms with Gasteiger partial charge in [-0.1, -0.05) is 22.9 Å². The van der Waals surface area contributed by atoms with E-state index >= 15 is 0 Å². The molecule has 4 nitrogen and oxygen atoms in total. The standard InChI is InChI=1S/C10H14ClN3OS/c1-13-3-2-4-14(6-5-13)10-12-9(11)8(7-15)16-10/h7H,2-6H2,1H3. The number of aromatic nitrogens is 1. The number of carbonyl (C=O) groups is 1. The number of carbonyl (C=O) groups excluding carboxylic acids is 1. The second-order valence-electron chi connectivity index (χ2n) is 3.91. The first-order chi connectivity index (χ1) is 7.70. The number of thiazole rings is 1. The van der Waals surface area contributed by atoms with Crippen LogP contribution in [0.3, 0.4) is 0 Å². The summed E-state index contributed by atoms with van der Waals surface area (Å²) in [6, 6.07) is 0. The number of halogens is 1. The Hall–Kier alpha value is -0.650. The van der Waals surface area contributed by atoms with Crippen LogP contribution in [0, 0.1) is 0 Å². The van der Waals surface area contributed by atoms with Gasteiger partial charge in [-0.3, -0.25) is 4.79 Å². The molecular weight excluding hydrogens is 246 g/mol. The zero-order valence-corrected chi connectivity index (χ0v) is 10.7. The summed E-state index contributed by atoms with van der Waals surface area (Å²) in [5.41, 5.74) is 0. The van der Waals surface area contributed by atoms with Crippen LogP contribution in [0.1, 0.15) is 16.1 Å². The van der Waals surface area contributed by atoms with Crippen LogP contribution in [0.25, 0.3) is 0 Å². The van der Waals surface area contributed by atoms with Crippen molar-refractivity contribution in [1.29, 1.82) is 0 Å². The average molecular weight is 260 g/mol. The first-order valence-electron chi connectivity index (χ1n) is 5.25. The van der Waals surface area contributed by atoms with Crippen LogP contribution in [-0.2, 0) is 0 Å². The van der Waals surface area contributed by atoms with E-state index in [1.165, 1.54) is 11.3 Å². The molecule has 0 saturated carbocycles. The highest BCUT2D eigenvalue weighted by atomic mass is 35.5. The molecule has 6 heteroatoms. The summed E-state index contributed by atoms with van der Waals surface area (Å²) in [6.45, 7) is 4.05. The summed E-state index contributed by atoms with van der Waals surface area (Å²) in [5.74, 6) is 0. The van der Waals surface area contributed by atoms with E-state index in [0.29, 0.717) is 10.0 Å². The number of anilines is 1. The third-order valence-corrected chi connectivity index (χ3v) is 4.14. The van der Waals surface area contributed by atoms with E-state index in [1.807, 2.05) is 0 Å². The normalized spacial score (nSPS) is 18.5. The molecule has 1 aliphatic rings. The molecule has 1 aromatic rings. The van der Waals surface area contributed by atoms with Gasteiger partial charge in [-0.15, -0.1) is 0 Å². The molecule has 0 bridgehead atoms. The average Bonchev–Trinajstić information content (AvgIpc) is 2.50.